The van der Waals surface area contributed by atoms with Crippen LogP contribution in [0.15, 0.2) is 24.3 Å². The van der Waals surface area contributed by atoms with Gasteiger partial charge in [0.05, 0.1) is 0 Å². The predicted molar refractivity (Wildman–Crippen MR) is 97.2 cm³/mol. The molecule has 0 unspecified atom stereocenters. The van der Waals surface area contributed by atoms with Gasteiger partial charge in [0, 0.05) is 38.4 Å². The summed E-state index contributed by atoms with van der Waals surface area (Å²) in [7, 11) is 0. The minimum absolute atomic E-state index is 0.0934. The molecular weight excluding hydrogens is 286 g/mol. The lowest BCUT2D eigenvalue weighted by Gasteiger charge is -2.36. The molecule has 1 aliphatic heterocycles. The molecule has 0 aromatic heterocycles. The van der Waals surface area contributed by atoms with Crippen LogP contribution in [0.1, 0.15) is 51.5 Å². The van der Waals surface area contributed by atoms with E-state index in [1.165, 1.54) is 24.1 Å². The molecule has 1 fully saturated rings. The summed E-state index contributed by atoms with van der Waals surface area (Å²) in [6.07, 6.45) is 3.44. The third kappa shape index (κ3) is 5.15. The number of piperazine rings is 1. The number of anilines is 1. The molecule has 4 heteroatoms. The monoisotopic (exact) mass is 317 g/mol. The first-order chi connectivity index (χ1) is 11.1. The SMILES string of the molecule is CCCCCNC(=O)N1CCN(c2ccc(C(C)C)cc2)CC1. The van der Waals surface area contributed by atoms with Crippen molar-refractivity contribution in [3.63, 3.8) is 0 Å². The zero-order valence-electron chi connectivity index (χ0n) is 14.8. The Labute approximate surface area is 140 Å². The first-order valence-electron chi connectivity index (χ1n) is 8.99. The summed E-state index contributed by atoms with van der Waals surface area (Å²) in [6, 6.07) is 8.93. The Hall–Kier alpha value is -1.71. The molecule has 1 heterocycles. The van der Waals surface area contributed by atoms with Crippen LogP contribution in [0, 0.1) is 0 Å². The van der Waals surface area contributed by atoms with Crippen molar-refractivity contribution in [3.8, 4) is 0 Å². The number of carbonyl (C=O) groups is 1. The third-order valence-electron chi connectivity index (χ3n) is 4.55. The fourth-order valence-electron chi connectivity index (χ4n) is 2.92. The van der Waals surface area contributed by atoms with Crippen LogP contribution in [0.3, 0.4) is 0 Å². The summed E-state index contributed by atoms with van der Waals surface area (Å²) in [5.74, 6) is 0.567. The first kappa shape index (κ1) is 17.6. The molecule has 0 radical (unpaired) electrons. The fourth-order valence-corrected chi connectivity index (χ4v) is 2.92. The summed E-state index contributed by atoms with van der Waals surface area (Å²) >= 11 is 0. The van der Waals surface area contributed by atoms with Crippen LogP contribution in [0.4, 0.5) is 10.5 Å². The van der Waals surface area contributed by atoms with Crippen LogP contribution in [0.2, 0.25) is 0 Å². The smallest absolute Gasteiger partial charge is 0.317 e. The number of nitrogens with zero attached hydrogens (tertiary/aromatic N) is 2. The van der Waals surface area contributed by atoms with E-state index in [0.29, 0.717) is 5.92 Å². The number of carbonyl (C=O) groups excluding carboxylic acids is 1. The van der Waals surface area contributed by atoms with Crippen molar-refractivity contribution in [2.24, 2.45) is 0 Å². The van der Waals surface area contributed by atoms with Crippen molar-refractivity contribution in [2.45, 2.75) is 46.0 Å². The minimum atomic E-state index is 0.0934. The van der Waals surface area contributed by atoms with Gasteiger partial charge in [-0.05, 0) is 30.0 Å². The van der Waals surface area contributed by atoms with Gasteiger partial charge in [0.15, 0.2) is 0 Å². The lowest BCUT2D eigenvalue weighted by Crippen LogP contribution is -2.52. The van der Waals surface area contributed by atoms with Crippen LogP contribution < -0.4 is 10.2 Å². The van der Waals surface area contributed by atoms with Gasteiger partial charge in [0.25, 0.3) is 0 Å². The van der Waals surface area contributed by atoms with E-state index in [-0.39, 0.29) is 6.03 Å². The standard InChI is InChI=1S/C19H31N3O/c1-4-5-6-11-20-19(23)22-14-12-21(13-15-22)18-9-7-17(8-10-18)16(2)3/h7-10,16H,4-6,11-15H2,1-3H3,(H,20,23). The fraction of sp³-hybridized carbons (Fsp3) is 0.632. The highest BCUT2D eigenvalue weighted by Crippen LogP contribution is 2.21. The van der Waals surface area contributed by atoms with Crippen molar-refractivity contribution in [1.82, 2.24) is 10.2 Å². The number of unbranched alkanes of at least 4 members (excludes halogenated alkanes) is 2. The van der Waals surface area contributed by atoms with E-state index in [0.717, 1.165) is 39.1 Å². The Morgan fingerprint density at radius 2 is 1.74 bits per heavy atom. The quantitative estimate of drug-likeness (QED) is 0.809. The van der Waals surface area contributed by atoms with Crippen LogP contribution in [-0.4, -0.2) is 43.7 Å². The van der Waals surface area contributed by atoms with E-state index in [4.69, 9.17) is 0 Å². The van der Waals surface area contributed by atoms with Gasteiger partial charge in [-0.2, -0.15) is 0 Å². The van der Waals surface area contributed by atoms with Gasteiger partial charge in [-0.1, -0.05) is 45.7 Å². The summed E-state index contributed by atoms with van der Waals surface area (Å²) in [6.45, 7) is 10.8. The lowest BCUT2D eigenvalue weighted by molar-refractivity contribution is 0.194. The summed E-state index contributed by atoms with van der Waals surface area (Å²) in [5.41, 5.74) is 2.64. The van der Waals surface area contributed by atoms with Crippen LogP contribution in [-0.2, 0) is 0 Å². The second-order valence-corrected chi connectivity index (χ2v) is 6.66. The van der Waals surface area contributed by atoms with E-state index in [2.05, 4.69) is 55.3 Å². The first-order valence-corrected chi connectivity index (χ1v) is 8.99. The van der Waals surface area contributed by atoms with Crippen LogP contribution in [0.5, 0.6) is 0 Å². The van der Waals surface area contributed by atoms with Gasteiger partial charge in [0.2, 0.25) is 0 Å². The Morgan fingerprint density at radius 3 is 2.30 bits per heavy atom. The summed E-state index contributed by atoms with van der Waals surface area (Å²) in [5, 5.41) is 3.03. The molecule has 0 saturated carbocycles. The van der Waals surface area contributed by atoms with Crippen molar-refractivity contribution in [2.75, 3.05) is 37.6 Å². The molecule has 0 spiro atoms. The Kier molecular flexibility index (Phi) is 6.75. The van der Waals surface area contributed by atoms with Gasteiger partial charge in [-0.15, -0.1) is 0 Å². The number of hydrogen-bond acceptors (Lipinski definition) is 2. The average Bonchev–Trinajstić information content (AvgIpc) is 2.59. The van der Waals surface area contributed by atoms with Gasteiger partial charge in [0.1, 0.15) is 0 Å². The van der Waals surface area contributed by atoms with E-state index in [9.17, 15) is 4.79 Å². The molecule has 4 nitrogen and oxygen atoms in total. The van der Waals surface area contributed by atoms with E-state index < -0.39 is 0 Å². The largest absolute Gasteiger partial charge is 0.368 e. The molecular formula is C19H31N3O. The zero-order valence-corrected chi connectivity index (χ0v) is 14.8. The highest BCUT2D eigenvalue weighted by molar-refractivity contribution is 5.74. The lowest BCUT2D eigenvalue weighted by atomic mass is 10.0. The predicted octanol–water partition coefficient (Wildman–Crippen LogP) is 3.83. The van der Waals surface area contributed by atoms with E-state index in [1.807, 2.05) is 4.90 Å². The van der Waals surface area contributed by atoms with Gasteiger partial charge < -0.3 is 15.1 Å². The second-order valence-electron chi connectivity index (χ2n) is 6.66. The van der Waals surface area contributed by atoms with Crippen LogP contribution >= 0.6 is 0 Å². The molecule has 128 valence electrons. The highest BCUT2D eigenvalue weighted by atomic mass is 16.2. The maximum atomic E-state index is 12.1. The van der Waals surface area contributed by atoms with Crippen molar-refractivity contribution in [3.05, 3.63) is 29.8 Å². The van der Waals surface area contributed by atoms with Gasteiger partial charge in [-0.3, -0.25) is 0 Å². The van der Waals surface area contributed by atoms with E-state index in [1.54, 1.807) is 0 Å². The van der Waals surface area contributed by atoms with Crippen molar-refractivity contribution < 1.29 is 4.79 Å². The topological polar surface area (TPSA) is 35.6 Å². The molecule has 0 aliphatic carbocycles. The van der Waals surface area contributed by atoms with Crippen molar-refractivity contribution in [1.29, 1.82) is 0 Å². The molecule has 23 heavy (non-hydrogen) atoms. The molecule has 1 aromatic carbocycles. The molecule has 2 rings (SSSR count). The average molecular weight is 317 g/mol. The second kappa shape index (κ2) is 8.80. The highest BCUT2D eigenvalue weighted by Gasteiger charge is 2.20. The molecule has 1 aliphatic rings. The molecule has 1 N–H and O–H groups in total. The van der Waals surface area contributed by atoms with Crippen molar-refractivity contribution >= 4 is 11.7 Å². The van der Waals surface area contributed by atoms with Gasteiger partial charge >= 0.3 is 6.03 Å². The maximum Gasteiger partial charge on any atom is 0.317 e. The summed E-state index contributed by atoms with van der Waals surface area (Å²) in [4.78, 5) is 16.4. The third-order valence-corrected chi connectivity index (χ3v) is 4.55. The number of nitrogens with one attached hydrogen (secondary N) is 1. The van der Waals surface area contributed by atoms with E-state index >= 15 is 0 Å². The molecule has 0 bridgehead atoms. The number of hydrogen-bond donors (Lipinski definition) is 1. The minimum Gasteiger partial charge on any atom is -0.368 e. The number of amides is 2. The Bertz CT molecular complexity index is 476. The molecule has 1 aromatic rings. The maximum absolute atomic E-state index is 12.1. The Balaban J connectivity index is 1.78. The number of rotatable bonds is 6. The normalized spacial score (nSPS) is 15.1. The van der Waals surface area contributed by atoms with Gasteiger partial charge in [-0.25, -0.2) is 4.79 Å². The molecule has 1 saturated heterocycles. The molecule has 0 atom stereocenters. The number of urea groups is 1. The summed E-state index contributed by atoms with van der Waals surface area (Å²) < 4.78 is 0. The Morgan fingerprint density at radius 1 is 1.09 bits per heavy atom. The molecule has 2 amide bonds. The zero-order chi connectivity index (χ0) is 16.7. The number of benzene rings is 1. The van der Waals surface area contributed by atoms with Crippen LogP contribution in [0.25, 0.3) is 0 Å².